The van der Waals surface area contributed by atoms with Gasteiger partial charge in [0.2, 0.25) is 5.91 Å². The van der Waals surface area contributed by atoms with E-state index in [0.717, 1.165) is 44.4 Å². The maximum absolute atomic E-state index is 13.1. The van der Waals surface area contributed by atoms with Gasteiger partial charge in [0.1, 0.15) is 0 Å². The van der Waals surface area contributed by atoms with Crippen molar-refractivity contribution in [3.8, 4) is 0 Å². The molecule has 34 heavy (non-hydrogen) atoms. The van der Waals surface area contributed by atoms with E-state index >= 15 is 0 Å². The molecule has 2 aromatic carbocycles. The quantitative estimate of drug-likeness (QED) is 0.648. The van der Waals surface area contributed by atoms with Crippen molar-refractivity contribution in [2.45, 2.75) is 56.4 Å². The normalized spacial score (nSPS) is 23.2. The molecule has 4 rings (SSSR count). The standard InChI is InChI=1S/C26H33N3O4S/c1-19-9-13-22(14-10-19)27-25(30)21-6-5-17-29(18-21)26(31)20-11-15-23(16-12-20)28-34(32,33)24-7-3-2-4-8-24/h2-4,7-8,11-12,15-16,19,21-22,28H,5-6,9-10,13-14,17-18H2,1H3,(H,27,30)/t19?,21-,22?/m0/s1. The van der Waals surface area contributed by atoms with Crippen molar-refractivity contribution in [2.75, 3.05) is 17.8 Å². The van der Waals surface area contributed by atoms with Gasteiger partial charge in [-0.15, -0.1) is 0 Å². The fraction of sp³-hybridized carbons (Fsp3) is 0.462. The first-order valence-corrected chi connectivity index (χ1v) is 13.6. The van der Waals surface area contributed by atoms with E-state index in [0.29, 0.717) is 24.3 Å². The third kappa shape index (κ3) is 5.97. The minimum atomic E-state index is -3.69. The average Bonchev–Trinajstić information content (AvgIpc) is 2.86. The molecule has 8 heteroatoms. The van der Waals surface area contributed by atoms with Gasteiger partial charge in [-0.3, -0.25) is 14.3 Å². The van der Waals surface area contributed by atoms with E-state index in [4.69, 9.17) is 0 Å². The first-order valence-electron chi connectivity index (χ1n) is 12.1. The van der Waals surface area contributed by atoms with Gasteiger partial charge in [0.25, 0.3) is 15.9 Å². The zero-order valence-corrected chi connectivity index (χ0v) is 20.4. The molecule has 0 aromatic heterocycles. The number of nitrogens with zero attached hydrogens (tertiary/aromatic N) is 1. The van der Waals surface area contributed by atoms with Crippen molar-refractivity contribution in [3.05, 3.63) is 60.2 Å². The number of rotatable bonds is 6. The smallest absolute Gasteiger partial charge is 0.261 e. The number of carbonyl (C=O) groups excluding carboxylic acids is 2. The van der Waals surface area contributed by atoms with Gasteiger partial charge in [-0.25, -0.2) is 8.42 Å². The summed E-state index contributed by atoms with van der Waals surface area (Å²) in [6.07, 6.45) is 5.94. The Bertz CT molecular complexity index is 1090. The Morgan fingerprint density at radius 2 is 1.59 bits per heavy atom. The first-order chi connectivity index (χ1) is 16.3. The minimum Gasteiger partial charge on any atom is -0.353 e. The lowest BCUT2D eigenvalue weighted by Gasteiger charge is -2.34. The van der Waals surface area contributed by atoms with Crippen LogP contribution in [-0.4, -0.2) is 44.3 Å². The summed E-state index contributed by atoms with van der Waals surface area (Å²) in [7, 11) is -3.69. The van der Waals surface area contributed by atoms with Crippen molar-refractivity contribution < 1.29 is 18.0 Å². The zero-order valence-electron chi connectivity index (χ0n) is 19.6. The molecule has 182 valence electrons. The number of benzene rings is 2. The topological polar surface area (TPSA) is 95.6 Å². The van der Waals surface area contributed by atoms with Crippen LogP contribution in [0, 0.1) is 11.8 Å². The fourth-order valence-corrected chi connectivity index (χ4v) is 5.86. The molecule has 1 saturated carbocycles. The van der Waals surface area contributed by atoms with Crippen LogP contribution in [0.15, 0.2) is 59.5 Å². The monoisotopic (exact) mass is 483 g/mol. The summed E-state index contributed by atoms with van der Waals surface area (Å²) in [6.45, 7) is 3.29. The lowest BCUT2D eigenvalue weighted by atomic mass is 9.87. The molecular formula is C26H33N3O4S. The molecule has 2 aliphatic rings. The number of nitrogens with one attached hydrogen (secondary N) is 2. The SMILES string of the molecule is CC1CCC(NC(=O)[C@H]2CCCN(C(=O)c3ccc(NS(=O)(=O)c4ccccc4)cc3)C2)CC1. The second kappa shape index (κ2) is 10.6. The number of anilines is 1. The summed E-state index contributed by atoms with van der Waals surface area (Å²) in [5.41, 5.74) is 0.864. The molecule has 2 N–H and O–H groups in total. The Morgan fingerprint density at radius 3 is 2.26 bits per heavy atom. The highest BCUT2D eigenvalue weighted by atomic mass is 32.2. The molecule has 0 radical (unpaired) electrons. The summed E-state index contributed by atoms with van der Waals surface area (Å²) in [5.74, 6) is 0.467. The molecular weight excluding hydrogens is 450 g/mol. The lowest BCUT2D eigenvalue weighted by molar-refractivity contribution is -0.127. The molecule has 0 unspecified atom stereocenters. The maximum atomic E-state index is 13.1. The van der Waals surface area contributed by atoms with Gasteiger partial charge in [0.05, 0.1) is 10.8 Å². The van der Waals surface area contributed by atoms with Crippen LogP contribution in [-0.2, 0) is 14.8 Å². The van der Waals surface area contributed by atoms with Crippen molar-refractivity contribution in [1.29, 1.82) is 0 Å². The maximum Gasteiger partial charge on any atom is 0.261 e. The Hall–Kier alpha value is -2.87. The van der Waals surface area contributed by atoms with E-state index in [9.17, 15) is 18.0 Å². The molecule has 1 atom stereocenters. The molecule has 0 spiro atoms. The van der Waals surface area contributed by atoms with Crippen LogP contribution >= 0.6 is 0 Å². The van der Waals surface area contributed by atoms with E-state index in [1.165, 1.54) is 12.1 Å². The fourth-order valence-electron chi connectivity index (χ4n) is 4.78. The van der Waals surface area contributed by atoms with Crippen molar-refractivity contribution in [3.63, 3.8) is 0 Å². The van der Waals surface area contributed by atoms with Gasteiger partial charge in [0, 0.05) is 30.4 Å². The average molecular weight is 484 g/mol. The Balaban J connectivity index is 1.34. The summed E-state index contributed by atoms with van der Waals surface area (Å²) < 4.78 is 27.5. The summed E-state index contributed by atoms with van der Waals surface area (Å²) in [6, 6.07) is 14.8. The molecule has 1 heterocycles. The predicted molar refractivity (Wildman–Crippen MR) is 132 cm³/mol. The van der Waals surface area contributed by atoms with Crippen molar-refractivity contribution in [1.82, 2.24) is 10.2 Å². The van der Waals surface area contributed by atoms with E-state index < -0.39 is 10.0 Å². The van der Waals surface area contributed by atoms with Crippen LogP contribution in [0.5, 0.6) is 0 Å². The molecule has 1 saturated heterocycles. The van der Waals surface area contributed by atoms with E-state index in [1.807, 2.05) is 0 Å². The van der Waals surface area contributed by atoms with Crippen LogP contribution in [0.1, 0.15) is 55.8 Å². The van der Waals surface area contributed by atoms with Crippen molar-refractivity contribution >= 4 is 27.5 Å². The van der Waals surface area contributed by atoms with Gasteiger partial charge >= 0.3 is 0 Å². The van der Waals surface area contributed by atoms with Gasteiger partial charge in [-0.05, 0) is 80.8 Å². The molecule has 2 fully saturated rings. The number of piperidine rings is 1. The Morgan fingerprint density at radius 1 is 0.912 bits per heavy atom. The first kappa shape index (κ1) is 24.3. The second-order valence-corrected chi connectivity index (χ2v) is 11.2. The molecule has 0 bridgehead atoms. The van der Waals surface area contributed by atoms with Crippen LogP contribution in [0.4, 0.5) is 5.69 Å². The zero-order chi connectivity index (χ0) is 24.1. The van der Waals surface area contributed by atoms with E-state index in [2.05, 4.69) is 17.0 Å². The van der Waals surface area contributed by atoms with Crippen LogP contribution in [0.3, 0.4) is 0 Å². The van der Waals surface area contributed by atoms with Gasteiger partial charge < -0.3 is 10.2 Å². The third-order valence-electron chi connectivity index (χ3n) is 6.88. The number of likely N-dealkylation sites (tertiary alicyclic amines) is 1. The highest BCUT2D eigenvalue weighted by molar-refractivity contribution is 7.92. The highest BCUT2D eigenvalue weighted by Gasteiger charge is 2.30. The largest absolute Gasteiger partial charge is 0.353 e. The molecule has 7 nitrogen and oxygen atoms in total. The second-order valence-electron chi connectivity index (χ2n) is 9.55. The number of carbonyl (C=O) groups is 2. The number of hydrogen-bond acceptors (Lipinski definition) is 4. The van der Waals surface area contributed by atoms with Crippen LogP contribution in [0.2, 0.25) is 0 Å². The van der Waals surface area contributed by atoms with Crippen molar-refractivity contribution in [2.24, 2.45) is 11.8 Å². The van der Waals surface area contributed by atoms with E-state index in [-0.39, 0.29) is 28.7 Å². The highest BCUT2D eigenvalue weighted by Crippen LogP contribution is 2.25. The van der Waals surface area contributed by atoms with E-state index in [1.54, 1.807) is 47.4 Å². The third-order valence-corrected chi connectivity index (χ3v) is 8.28. The summed E-state index contributed by atoms with van der Waals surface area (Å²) in [4.78, 5) is 27.8. The molecule has 1 aliphatic carbocycles. The number of hydrogen-bond donors (Lipinski definition) is 2. The summed E-state index contributed by atoms with van der Waals surface area (Å²) >= 11 is 0. The predicted octanol–water partition coefficient (Wildman–Crippen LogP) is 4.03. The van der Waals surface area contributed by atoms with Crippen LogP contribution < -0.4 is 10.0 Å². The van der Waals surface area contributed by atoms with Gasteiger partial charge in [-0.1, -0.05) is 25.1 Å². The van der Waals surface area contributed by atoms with Crippen LogP contribution in [0.25, 0.3) is 0 Å². The summed E-state index contributed by atoms with van der Waals surface area (Å²) in [5, 5.41) is 3.21. The van der Waals surface area contributed by atoms with Gasteiger partial charge in [-0.2, -0.15) is 0 Å². The van der Waals surface area contributed by atoms with Gasteiger partial charge in [0.15, 0.2) is 0 Å². The molecule has 2 amide bonds. The molecule has 1 aliphatic heterocycles. The Kier molecular flexibility index (Phi) is 7.56. The number of sulfonamides is 1. The Labute approximate surface area is 202 Å². The lowest BCUT2D eigenvalue weighted by Crippen LogP contribution is -2.48. The number of amides is 2. The minimum absolute atomic E-state index is 0.0581. The molecule has 2 aromatic rings.